The van der Waals surface area contributed by atoms with Crippen molar-refractivity contribution in [1.29, 1.82) is 5.26 Å². The molecule has 2 atom stereocenters. The van der Waals surface area contributed by atoms with Gasteiger partial charge in [0.25, 0.3) is 0 Å². The van der Waals surface area contributed by atoms with Gasteiger partial charge in [-0.2, -0.15) is 5.26 Å². The van der Waals surface area contributed by atoms with Crippen LogP contribution in [0.5, 0.6) is 0 Å². The minimum absolute atomic E-state index is 0.665. The van der Waals surface area contributed by atoms with E-state index in [-0.39, 0.29) is 0 Å². The van der Waals surface area contributed by atoms with Crippen LogP contribution in [0, 0.1) is 23.2 Å². The topological polar surface area (TPSA) is 69.8 Å². The molecule has 2 fully saturated rings. The fraction of sp³-hybridized carbons (Fsp3) is 0.346. The van der Waals surface area contributed by atoms with Crippen LogP contribution in [0.4, 0.5) is 5.13 Å². The highest BCUT2D eigenvalue weighted by molar-refractivity contribution is 7.19. The molecule has 0 radical (unpaired) electrons. The molecule has 2 aliphatic heterocycles. The van der Waals surface area contributed by atoms with Crippen molar-refractivity contribution in [2.45, 2.75) is 12.8 Å². The molecule has 7 heteroatoms. The lowest BCUT2D eigenvalue weighted by atomic mass is 9.92. The molecule has 0 bridgehead atoms. The van der Waals surface area contributed by atoms with Gasteiger partial charge in [0.1, 0.15) is 0 Å². The Balaban J connectivity index is 1.42. The zero-order valence-corrected chi connectivity index (χ0v) is 19.5. The Kier molecular flexibility index (Phi) is 5.12. The van der Waals surface area contributed by atoms with Crippen LogP contribution in [0.3, 0.4) is 0 Å². The number of anilines is 1. The number of hydrogen-bond donors (Lipinski definition) is 1. The van der Waals surface area contributed by atoms with Crippen LogP contribution in [0.2, 0.25) is 0 Å². The first-order valence-corrected chi connectivity index (χ1v) is 12.4. The first-order chi connectivity index (χ1) is 16.2. The molecule has 4 aromatic rings. The van der Waals surface area contributed by atoms with E-state index in [0.29, 0.717) is 5.56 Å². The number of aryl methyl sites for hydroxylation is 1. The van der Waals surface area contributed by atoms with Crippen LogP contribution in [0.15, 0.2) is 48.8 Å². The fourth-order valence-electron chi connectivity index (χ4n) is 5.22. The lowest BCUT2D eigenvalue weighted by Gasteiger charge is -2.19. The average Bonchev–Trinajstić information content (AvgIpc) is 3.55. The molecule has 2 unspecified atom stereocenters. The summed E-state index contributed by atoms with van der Waals surface area (Å²) in [7, 11) is 2.02. The van der Waals surface area contributed by atoms with Crippen LogP contribution in [-0.4, -0.2) is 40.7 Å². The number of nitriles is 1. The number of hydrogen-bond acceptors (Lipinski definition) is 6. The molecule has 166 valence electrons. The Bertz CT molecular complexity index is 1330. The van der Waals surface area contributed by atoms with E-state index < -0.39 is 0 Å². The summed E-state index contributed by atoms with van der Waals surface area (Å²) in [5.41, 5.74) is 5.95. The van der Waals surface area contributed by atoms with Gasteiger partial charge in [-0.05, 0) is 67.6 Å². The maximum absolute atomic E-state index is 9.22. The summed E-state index contributed by atoms with van der Waals surface area (Å²) in [6, 6.07) is 16.5. The van der Waals surface area contributed by atoms with Crippen molar-refractivity contribution < 1.29 is 0 Å². The number of benzene rings is 2. The van der Waals surface area contributed by atoms with Gasteiger partial charge in [0.05, 0.1) is 39.6 Å². The van der Waals surface area contributed by atoms with Gasteiger partial charge < -0.3 is 14.8 Å². The SMILES string of the molecule is Cn1cnc2cc(-c3sc(N4CCC5CNCC5CC4)nc3-c3ccc(C#N)cc3)ccc21. The normalized spacial score (nSPS) is 20.5. The number of nitrogens with one attached hydrogen (secondary N) is 1. The molecule has 4 heterocycles. The molecule has 6 nitrogen and oxygen atoms in total. The third kappa shape index (κ3) is 3.69. The predicted molar refractivity (Wildman–Crippen MR) is 133 cm³/mol. The molecule has 0 aliphatic carbocycles. The minimum atomic E-state index is 0.665. The molecule has 0 saturated carbocycles. The van der Waals surface area contributed by atoms with E-state index in [1.54, 1.807) is 11.3 Å². The number of aromatic nitrogens is 3. The highest BCUT2D eigenvalue weighted by Gasteiger charge is 2.31. The fourth-order valence-corrected chi connectivity index (χ4v) is 6.36. The van der Waals surface area contributed by atoms with Crippen molar-refractivity contribution in [2.75, 3.05) is 31.1 Å². The van der Waals surface area contributed by atoms with Crippen molar-refractivity contribution in [2.24, 2.45) is 18.9 Å². The minimum Gasteiger partial charge on any atom is -0.348 e. The first-order valence-electron chi connectivity index (χ1n) is 11.6. The lowest BCUT2D eigenvalue weighted by molar-refractivity contribution is 0.409. The van der Waals surface area contributed by atoms with Crippen molar-refractivity contribution in [1.82, 2.24) is 19.9 Å². The number of fused-ring (bicyclic) bond motifs is 2. The summed E-state index contributed by atoms with van der Waals surface area (Å²) in [4.78, 5) is 13.4. The van der Waals surface area contributed by atoms with Gasteiger partial charge in [0.2, 0.25) is 0 Å². The van der Waals surface area contributed by atoms with Crippen LogP contribution in [0.1, 0.15) is 18.4 Å². The molecule has 2 aromatic carbocycles. The molecule has 33 heavy (non-hydrogen) atoms. The molecule has 1 N–H and O–H groups in total. The second kappa shape index (κ2) is 8.29. The van der Waals surface area contributed by atoms with Crippen molar-refractivity contribution >= 4 is 27.5 Å². The van der Waals surface area contributed by atoms with Gasteiger partial charge >= 0.3 is 0 Å². The molecule has 0 amide bonds. The summed E-state index contributed by atoms with van der Waals surface area (Å²) in [6.07, 6.45) is 4.30. The third-order valence-corrected chi connectivity index (χ3v) is 8.35. The van der Waals surface area contributed by atoms with Crippen LogP contribution < -0.4 is 10.2 Å². The molecule has 0 spiro atoms. The van der Waals surface area contributed by atoms with E-state index in [0.717, 1.165) is 75.9 Å². The van der Waals surface area contributed by atoms with Gasteiger partial charge in [-0.25, -0.2) is 9.97 Å². The largest absolute Gasteiger partial charge is 0.348 e. The highest BCUT2D eigenvalue weighted by Crippen LogP contribution is 2.42. The van der Waals surface area contributed by atoms with Crippen LogP contribution in [0.25, 0.3) is 32.7 Å². The second-order valence-electron chi connectivity index (χ2n) is 9.17. The summed E-state index contributed by atoms with van der Waals surface area (Å²) in [5.74, 6) is 1.58. The monoisotopic (exact) mass is 454 g/mol. The van der Waals surface area contributed by atoms with Crippen LogP contribution in [-0.2, 0) is 7.05 Å². The van der Waals surface area contributed by atoms with E-state index in [2.05, 4.69) is 39.5 Å². The number of thiazole rings is 1. The summed E-state index contributed by atoms with van der Waals surface area (Å²) in [6.45, 7) is 4.42. The predicted octanol–water partition coefficient (Wildman–Crippen LogP) is 4.67. The first kappa shape index (κ1) is 20.4. The summed E-state index contributed by atoms with van der Waals surface area (Å²) in [5, 5.41) is 13.9. The van der Waals surface area contributed by atoms with Gasteiger partial charge in [-0.15, -0.1) is 0 Å². The Morgan fingerprint density at radius 3 is 2.48 bits per heavy atom. The lowest BCUT2D eigenvalue weighted by Crippen LogP contribution is -2.25. The van der Waals surface area contributed by atoms with Crippen molar-refractivity contribution in [3.63, 3.8) is 0 Å². The van der Waals surface area contributed by atoms with E-state index in [1.807, 2.05) is 42.2 Å². The number of nitrogens with zero attached hydrogens (tertiary/aromatic N) is 5. The maximum Gasteiger partial charge on any atom is 0.186 e. The third-order valence-electron chi connectivity index (χ3n) is 7.18. The van der Waals surface area contributed by atoms with Gasteiger partial charge in [0.15, 0.2) is 5.13 Å². The van der Waals surface area contributed by atoms with E-state index in [1.165, 1.54) is 12.8 Å². The quantitative estimate of drug-likeness (QED) is 0.487. The zero-order valence-electron chi connectivity index (χ0n) is 18.7. The molecular weight excluding hydrogens is 428 g/mol. The van der Waals surface area contributed by atoms with Crippen molar-refractivity contribution in [3.05, 3.63) is 54.4 Å². The van der Waals surface area contributed by atoms with Crippen LogP contribution >= 0.6 is 11.3 Å². The molecule has 6 rings (SSSR count). The Morgan fingerprint density at radius 2 is 1.76 bits per heavy atom. The molecular formula is C26H26N6S. The number of imidazole rings is 1. The van der Waals surface area contributed by atoms with E-state index in [4.69, 9.17) is 4.98 Å². The van der Waals surface area contributed by atoms with E-state index >= 15 is 0 Å². The Hall–Kier alpha value is -3.21. The number of rotatable bonds is 3. The summed E-state index contributed by atoms with van der Waals surface area (Å²) < 4.78 is 2.04. The van der Waals surface area contributed by atoms with Gasteiger partial charge in [-0.3, -0.25) is 0 Å². The van der Waals surface area contributed by atoms with E-state index in [9.17, 15) is 5.26 Å². The Labute approximate surface area is 197 Å². The smallest absolute Gasteiger partial charge is 0.186 e. The zero-order chi connectivity index (χ0) is 22.4. The maximum atomic E-state index is 9.22. The summed E-state index contributed by atoms with van der Waals surface area (Å²) >= 11 is 1.78. The Morgan fingerprint density at radius 1 is 1.03 bits per heavy atom. The standard InChI is InChI=1S/C26H26N6S/c1-31-16-29-22-12-19(6-7-23(22)31)25-24(18-4-2-17(13-27)3-5-18)30-26(33-25)32-10-8-20-14-28-15-21(20)9-11-32/h2-7,12,16,20-21,28H,8-11,14-15H2,1H3. The molecule has 2 saturated heterocycles. The highest BCUT2D eigenvalue weighted by atomic mass is 32.1. The van der Waals surface area contributed by atoms with Gasteiger partial charge in [-0.1, -0.05) is 29.5 Å². The second-order valence-corrected chi connectivity index (χ2v) is 10.1. The molecule has 2 aromatic heterocycles. The molecule has 2 aliphatic rings. The van der Waals surface area contributed by atoms with Gasteiger partial charge in [0, 0.05) is 25.7 Å². The average molecular weight is 455 g/mol. The van der Waals surface area contributed by atoms with Crippen molar-refractivity contribution in [3.8, 4) is 27.8 Å².